The lowest BCUT2D eigenvalue weighted by molar-refractivity contribution is -0.161. The molecule has 142 valence electrons. The van der Waals surface area contributed by atoms with Crippen LogP contribution in [0.2, 0.25) is 0 Å². The number of carbonyl (C=O) groups is 2. The second kappa shape index (κ2) is 5.79. The molecule has 0 aliphatic carbocycles. The zero-order valence-electron chi connectivity index (χ0n) is 15.8. The van der Waals surface area contributed by atoms with Gasteiger partial charge in [0.25, 0.3) is 0 Å². The number of benzene rings is 1. The smallest absolute Gasteiger partial charge is 0.324 e. The van der Waals surface area contributed by atoms with Gasteiger partial charge in [0.15, 0.2) is 16.1 Å². The third-order valence-corrected chi connectivity index (χ3v) is 5.94. The molecule has 1 aromatic heterocycles. The number of carbonyl (C=O) groups excluding carboxylic acids is 2. The highest BCUT2D eigenvalue weighted by molar-refractivity contribution is 7.13. The lowest BCUT2D eigenvalue weighted by atomic mass is 9.75. The zero-order chi connectivity index (χ0) is 19.4. The summed E-state index contributed by atoms with van der Waals surface area (Å²) in [5.74, 6) is -1.00. The number of ether oxygens (including phenoxy) is 2. The molecular formula is C20H22N2O4S. The van der Waals surface area contributed by atoms with Gasteiger partial charge in [0.1, 0.15) is 5.60 Å². The number of nitrogens with one attached hydrogen (secondary N) is 1. The number of thiazole rings is 1. The largest absolute Gasteiger partial charge is 0.459 e. The quantitative estimate of drug-likeness (QED) is 0.633. The number of cyclic esters (lactones) is 2. The Morgan fingerprint density at radius 2 is 1.70 bits per heavy atom. The minimum Gasteiger partial charge on any atom is -0.459 e. The Morgan fingerprint density at radius 3 is 2.33 bits per heavy atom. The summed E-state index contributed by atoms with van der Waals surface area (Å²) in [5.41, 5.74) is -0.0752. The highest BCUT2D eigenvalue weighted by atomic mass is 32.1. The van der Waals surface area contributed by atoms with Gasteiger partial charge in [0.05, 0.1) is 5.69 Å². The second-order valence-corrected chi connectivity index (χ2v) is 9.09. The maximum atomic E-state index is 12.7. The minimum atomic E-state index is -1.23. The fourth-order valence-corrected chi connectivity index (χ4v) is 4.79. The van der Waals surface area contributed by atoms with Crippen molar-refractivity contribution in [1.29, 1.82) is 0 Å². The summed E-state index contributed by atoms with van der Waals surface area (Å²) in [5, 5.41) is 5.84. The molecule has 7 heteroatoms. The molecule has 1 aromatic carbocycles. The number of aryl methyl sites for hydroxylation is 1. The van der Waals surface area contributed by atoms with Crippen molar-refractivity contribution in [2.24, 2.45) is 5.41 Å². The zero-order valence-corrected chi connectivity index (χ0v) is 16.6. The summed E-state index contributed by atoms with van der Waals surface area (Å²) in [6, 6.07) is 8.01. The molecule has 0 saturated carbocycles. The standard InChI is InChI=1S/C20H22N2O4S/c1-12-5-7-13(8-6-12)21-17-22-14(9-27-17)19(4)11-20(16(24)26-19)10-18(2,3)25-15(20)23/h5-9H,10-11H2,1-4H3,(H,21,22)/t19-,20-/m1/s1. The maximum Gasteiger partial charge on any atom is 0.324 e. The van der Waals surface area contributed by atoms with E-state index in [1.165, 1.54) is 16.9 Å². The van der Waals surface area contributed by atoms with Gasteiger partial charge in [-0.15, -0.1) is 11.3 Å². The topological polar surface area (TPSA) is 77.5 Å². The lowest BCUT2D eigenvalue weighted by Crippen LogP contribution is -2.32. The molecule has 0 bridgehead atoms. The van der Waals surface area contributed by atoms with E-state index in [-0.39, 0.29) is 6.42 Å². The number of esters is 2. The molecular weight excluding hydrogens is 364 g/mol. The summed E-state index contributed by atoms with van der Waals surface area (Å²) >= 11 is 1.44. The fourth-order valence-electron chi connectivity index (χ4n) is 3.94. The highest BCUT2D eigenvalue weighted by Crippen LogP contribution is 2.54. The van der Waals surface area contributed by atoms with E-state index in [4.69, 9.17) is 9.47 Å². The molecule has 27 heavy (non-hydrogen) atoms. The summed E-state index contributed by atoms with van der Waals surface area (Å²) in [6.07, 6.45) is 0.570. The molecule has 2 fully saturated rings. The van der Waals surface area contributed by atoms with Gasteiger partial charge in [-0.05, 0) is 39.8 Å². The SMILES string of the molecule is Cc1ccc(Nc2nc([C@@]3(C)C[C@@]4(CC(C)(C)OC4=O)C(=O)O3)cs2)cc1. The molecule has 4 rings (SSSR count). The molecule has 2 saturated heterocycles. The van der Waals surface area contributed by atoms with E-state index in [0.717, 1.165) is 5.69 Å². The minimum absolute atomic E-state index is 0.245. The van der Waals surface area contributed by atoms with Crippen LogP contribution < -0.4 is 5.32 Å². The van der Waals surface area contributed by atoms with Gasteiger partial charge in [-0.1, -0.05) is 17.7 Å². The van der Waals surface area contributed by atoms with Gasteiger partial charge in [0, 0.05) is 23.9 Å². The molecule has 0 amide bonds. The van der Waals surface area contributed by atoms with Crippen molar-refractivity contribution in [3.05, 3.63) is 40.9 Å². The van der Waals surface area contributed by atoms with Crippen LogP contribution in [-0.2, 0) is 24.7 Å². The first-order chi connectivity index (χ1) is 12.6. The van der Waals surface area contributed by atoms with Gasteiger partial charge in [0.2, 0.25) is 0 Å². The number of rotatable bonds is 3. The van der Waals surface area contributed by atoms with Crippen molar-refractivity contribution in [1.82, 2.24) is 4.98 Å². The van der Waals surface area contributed by atoms with Gasteiger partial charge < -0.3 is 14.8 Å². The third-order valence-electron chi connectivity index (χ3n) is 5.18. The van der Waals surface area contributed by atoms with Crippen molar-refractivity contribution in [2.75, 3.05) is 5.32 Å². The summed E-state index contributed by atoms with van der Waals surface area (Å²) in [7, 11) is 0. The van der Waals surface area contributed by atoms with Crippen LogP contribution in [0.3, 0.4) is 0 Å². The van der Waals surface area contributed by atoms with E-state index in [1.54, 1.807) is 0 Å². The monoisotopic (exact) mass is 386 g/mol. The Hall–Kier alpha value is -2.41. The molecule has 2 aliphatic heterocycles. The van der Waals surface area contributed by atoms with E-state index >= 15 is 0 Å². The second-order valence-electron chi connectivity index (χ2n) is 8.23. The Balaban J connectivity index is 1.57. The van der Waals surface area contributed by atoms with E-state index in [9.17, 15) is 9.59 Å². The molecule has 1 spiro atoms. The average molecular weight is 386 g/mol. The number of anilines is 2. The van der Waals surface area contributed by atoms with E-state index < -0.39 is 28.6 Å². The molecule has 3 heterocycles. The summed E-state index contributed by atoms with van der Waals surface area (Å²) in [6.45, 7) is 7.47. The Bertz CT molecular complexity index is 920. The van der Waals surface area contributed by atoms with Crippen molar-refractivity contribution < 1.29 is 19.1 Å². The predicted octanol–water partition coefficient (Wildman–Crippen LogP) is 4.07. The van der Waals surface area contributed by atoms with Crippen LogP contribution >= 0.6 is 11.3 Å². The molecule has 6 nitrogen and oxygen atoms in total. The van der Waals surface area contributed by atoms with Crippen molar-refractivity contribution in [3.8, 4) is 0 Å². The van der Waals surface area contributed by atoms with Crippen LogP contribution in [0.1, 0.15) is 44.9 Å². The van der Waals surface area contributed by atoms with E-state index in [1.807, 2.05) is 57.3 Å². The van der Waals surface area contributed by atoms with Gasteiger partial charge in [-0.2, -0.15) is 0 Å². The third kappa shape index (κ3) is 3.00. The molecule has 2 atom stereocenters. The Morgan fingerprint density at radius 1 is 1.04 bits per heavy atom. The Labute approximate surface area is 161 Å². The molecule has 2 aliphatic rings. The van der Waals surface area contributed by atoms with E-state index in [2.05, 4.69) is 10.3 Å². The number of nitrogens with zero attached hydrogens (tertiary/aromatic N) is 1. The summed E-state index contributed by atoms with van der Waals surface area (Å²) in [4.78, 5) is 29.7. The van der Waals surface area contributed by atoms with Crippen LogP contribution in [0, 0.1) is 12.3 Å². The molecule has 0 radical (unpaired) electrons. The first-order valence-corrected chi connectivity index (χ1v) is 9.77. The van der Waals surface area contributed by atoms with Crippen molar-refractivity contribution in [3.63, 3.8) is 0 Å². The van der Waals surface area contributed by atoms with Gasteiger partial charge in [-0.25, -0.2) is 4.98 Å². The molecule has 1 N–H and O–H groups in total. The normalized spacial score (nSPS) is 29.0. The number of aromatic nitrogens is 1. The molecule has 2 aromatic rings. The van der Waals surface area contributed by atoms with Crippen molar-refractivity contribution >= 4 is 34.1 Å². The van der Waals surface area contributed by atoms with Crippen LogP contribution in [-0.4, -0.2) is 22.5 Å². The first kappa shape index (κ1) is 18.0. The first-order valence-electron chi connectivity index (χ1n) is 8.89. The van der Waals surface area contributed by atoms with Crippen LogP contribution in [0.5, 0.6) is 0 Å². The van der Waals surface area contributed by atoms with Crippen molar-refractivity contribution in [2.45, 2.75) is 51.7 Å². The maximum absolute atomic E-state index is 12.7. The highest BCUT2D eigenvalue weighted by Gasteiger charge is 2.67. The van der Waals surface area contributed by atoms with Gasteiger partial charge >= 0.3 is 11.9 Å². The molecule has 0 unspecified atom stereocenters. The Kier molecular flexibility index (Phi) is 3.86. The fraction of sp³-hybridized carbons (Fsp3) is 0.450. The average Bonchev–Trinajstić information content (AvgIpc) is 3.19. The van der Waals surface area contributed by atoms with Crippen LogP contribution in [0.4, 0.5) is 10.8 Å². The van der Waals surface area contributed by atoms with Gasteiger partial charge in [-0.3, -0.25) is 9.59 Å². The van der Waals surface area contributed by atoms with Crippen LogP contribution in [0.25, 0.3) is 0 Å². The predicted molar refractivity (Wildman–Crippen MR) is 102 cm³/mol. The number of hydrogen-bond acceptors (Lipinski definition) is 7. The number of hydrogen-bond donors (Lipinski definition) is 1. The van der Waals surface area contributed by atoms with Crippen LogP contribution in [0.15, 0.2) is 29.6 Å². The van der Waals surface area contributed by atoms with E-state index in [0.29, 0.717) is 17.2 Å². The lowest BCUT2D eigenvalue weighted by Gasteiger charge is -2.20. The summed E-state index contributed by atoms with van der Waals surface area (Å²) < 4.78 is 11.1.